The summed E-state index contributed by atoms with van der Waals surface area (Å²) in [4.78, 5) is 0. The highest BCUT2D eigenvalue weighted by Gasteiger charge is 2.47. The zero-order valence-corrected chi connectivity index (χ0v) is 17.4. The molecule has 1 saturated heterocycles. The molecule has 5 nitrogen and oxygen atoms in total. The molecule has 3 rings (SSSR count). The molecule has 0 amide bonds. The molecular weight excluding hydrogens is 388 g/mol. The van der Waals surface area contributed by atoms with Crippen LogP contribution in [0.2, 0.25) is 0 Å². The third-order valence-electron chi connectivity index (χ3n) is 4.83. The smallest absolute Gasteiger partial charge is 0.186 e. The molecule has 6 heteroatoms. The largest absolute Gasteiger partial charge is 0.394 e. The summed E-state index contributed by atoms with van der Waals surface area (Å²) >= 11 is 1.48. The van der Waals surface area contributed by atoms with Gasteiger partial charge in [-0.15, -0.1) is 11.8 Å². The predicted molar refractivity (Wildman–Crippen MR) is 114 cm³/mol. The molecule has 0 unspecified atom stereocenters. The van der Waals surface area contributed by atoms with Gasteiger partial charge in [-0.3, -0.25) is 0 Å². The van der Waals surface area contributed by atoms with Crippen LogP contribution in [-0.4, -0.2) is 48.7 Å². The van der Waals surface area contributed by atoms with E-state index in [2.05, 4.69) is 6.58 Å². The molecule has 1 heterocycles. The summed E-state index contributed by atoms with van der Waals surface area (Å²) in [5, 5.41) is 11.4. The average Bonchev–Trinajstić information content (AvgIpc) is 2.78. The van der Waals surface area contributed by atoms with Gasteiger partial charge in [-0.2, -0.15) is 0 Å². The first-order valence-electron chi connectivity index (χ1n) is 9.63. The lowest BCUT2D eigenvalue weighted by molar-refractivity contribution is -0.281. The Bertz CT molecular complexity index is 727. The Kier molecular flexibility index (Phi) is 8.73. The molecule has 29 heavy (non-hydrogen) atoms. The van der Waals surface area contributed by atoms with Gasteiger partial charge in [0.2, 0.25) is 0 Å². The lowest BCUT2D eigenvalue weighted by Crippen LogP contribution is -2.59. The third-order valence-corrected chi connectivity index (χ3v) is 5.91. The monoisotopic (exact) mass is 416 g/mol. The van der Waals surface area contributed by atoms with Gasteiger partial charge in [0.15, 0.2) is 6.29 Å². The molecule has 2 aromatic carbocycles. The van der Waals surface area contributed by atoms with Gasteiger partial charge in [0.25, 0.3) is 0 Å². The van der Waals surface area contributed by atoms with Crippen LogP contribution in [0.15, 0.2) is 72.7 Å². The number of hydrogen-bond donors (Lipinski definition) is 1. The molecule has 1 aliphatic rings. The number of ether oxygens (including phenoxy) is 4. The fraction of sp³-hybridized carbons (Fsp3) is 0.391. The van der Waals surface area contributed by atoms with Crippen molar-refractivity contribution in [2.24, 2.45) is 0 Å². The van der Waals surface area contributed by atoms with Crippen LogP contribution in [-0.2, 0) is 32.2 Å². The zero-order chi connectivity index (χ0) is 20.5. The molecule has 1 aliphatic heterocycles. The van der Waals surface area contributed by atoms with Crippen molar-refractivity contribution >= 4 is 11.8 Å². The zero-order valence-electron chi connectivity index (χ0n) is 16.6. The van der Waals surface area contributed by atoms with Gasteiger partial charge < -0.3 is 24.1 Å². The van der Waals surface area contributed by atoms with E-state index in [1.165, 1.54) is 11.8 Å². The maximum atomic E-state index is 9.87. The minimum Gasteiger partial charge on any atom is -0.394 e. The lowest BCUT2D eigenvalue weighted by Gasteiger charge is -2.44. The third kappa shape index (κ3) is 5.92. The molecule has 0 spiro atoms. The van der Waals surface area contributed by atoms with E-state index >= 15 is 0 Å². The first-order valence-corrected chi connectivity index (χ1v) is 10.6. The van der Waals surface area contributed by atoms with Gasteiger partial charge in [0.05, 0.1) is 31.2 Å². The van der Waals surface area contributed by atoms with Crippen molar-refractivity contribution in [3.8, 4) is 0 Å². The molecule has 156 valence electrons. The molecule has 2 aromatic rings. The predicted octanol–water partition coefficient (Wildman–Crippen LogP) is 3.77. The van der Waals surface area contributed by atoms with Gasteiger partial charge in [0, 0.05) is 7.11 Å². The highest BCUT2D eigenvalue weighted by Crippen LogP contribution is 2.35. The molecule has 0 aromatic heterocycles. The van der Waals surface area contributed by atoms with E-state index in [-0.39, 0.29) is 18.0 Å². The highest BCUT2D eigenvalue weighted by molar-refractivity contribution is 8.02. The summed E-state index contributed by atoms with van der Waals surface area (Å²) in [7, 11) is 1.58. The van der Waals surface area contributed by atoms with Crippen LogP contribution >= 0.6 is 11.8 Å². The van der Waals surface area contributed by atoms with Gasteiger partial charge >= 0.3 is 0 Å². The van der Waals surface area contributed by atoms with Gasteiger partial charge in [-0.1, -0.05) is 67.2 Å². The van der Waals surface area contributed by atoms with Crippen LogP contribution in [0.1, 0.15) is 11.1 Å². The number of methoxy groups -OCH3 is 1. The van der Waals surface area contributed by atoms with Gasteiger partial charge in [-0.25, -0.2) is 0 Å². The second-order valence-electron chi connectivity index (χ2n) is 6.75. The molecule has 0 bridgehead atoms. The summed E-state index contributed by atoms with van der Waals surface area (Å²) in [6, 6.07) is 19.9. The molecule has 1 N–H and O–H groups in total. The van der Waals surface area contributed by atoms with Crippen LogP contribution in [0.5, 0.6) is 0 Å². The molecule has 0 saturated carbocycles. The van der Waals surface area contributed by atoms with Crippen molar-refractivity contribution < 1.29 is 24.1 Å². The number of hydrogen-bond acceptors (Lipinski definition) is 6. The van der Waals surface area contributed by atoms with E-state index in [0.717, 1.165) is 11.1 Å². The van der Waals surface area contributed by atoms with Gasteiger partial charge in [0.1, 0.15) is 12.2 Å². The van der Waals surface area contributed by atoms with E-state index < -0.39 is 18.5 Å². The van der Waals surface area contributed by atoms with Gasteiger partial charge in [-0.05, 0) is 16.5 Å². The normalized spacial score (nSPS) is 26.9. The van der Waals surface area contributed by atoms with E-state index in [1.807, 2.05) is 60.7 Å². The summed E-state index contributed by atoms with van der Waals surface area (Å²) < 4.78 is 24.1. The summed E-state index contributed by atoms with van der Waals surface area (Å²) in [5.74, 6) is 0. The maximum Gasteiger partial charge on any atom is 0.186 e. The SMILES string of the molecule is C=CS[C@H]1[C@H](OCc2ccccc2)[C@@H](OCc2ccccc2)[C@H](OC)O[C@@H]1CO. The van der Waals surface area contributed by atoms with Crippen LogP contribution in [0.3, 0.4) is 0 Å². The number of benzene rings is 2. The van der Waals surface area contributed by atoms with Crippen molar-refractivity contribution in [2.75, 3.05) is 13.7 Å². The number of aliphatic hydroxyl groups is 1. The first kappa shape index (κ1) is 22.0. The topological polar surface area (TPSA) is 57.2 Å². The Morgan fingerprint density at radius 1 is 0.966 bits per heavy atom. The fourth-order valence-corrected chi connectivity index (χ4v) is 4.33. The molecule has 0 aliphatic carbocycles. The van der Waals surface area contributed by atoms with E-state index in [4.69, 9.17) is 18.9 Å². The van der Waals surface area contributed by atoms with Crippen molar-refractivity contribution in [3.05, 3.63) is 83.8 Å². The number of aliphatic hydroxyl groups excluding tert-OH is 1. The second-order valence-corrected chi connectivity index (χ2v) is 7.90. The van der Waals surface area contributed by atoms with E-state index in [9.17, 15) is 5.11 Å². The van der Waals surface area contributed by atoms with Crippen LogP contribution < -0.4 is 0 Å². The Morgan fingerprint density at radius 2 is 1.52 bits per heavy atom. The van der Waals surface area contributed by atoms with Crippen LogP contribution in [0.25, 0.3) is 0 Å². The minimum atomic E-state index is -0.640. The molecular formula is C23H28O5S. The molecule has 5 atom stereocenters. The van der Waals surface area contributed by atoms with Crippen LogP contribution in [0, 0.1) is 0 Å². The van der Waals surface area contributed by atoms with E-state index in [0.29, 0.717) is 13.2 Å². The number of thioether (sulfide) groups is 1. The summed E-state index contributed by atoms with van der Waals surface area (Å²) in [6.07, 6.45) is -1.89. The Morgan fingerprint density at radius 3 is 2.00 bits per heavy atom. The summed E-state index contributed by atoms with van der Waals surface area (Å²) in [6.45, 7) is 4.54. The van der Waals surface area contributed by atoms with Crippen molar-refractivity contribution in [2.45, 2.75) is 43.1 Å². The molecule has 1 fully saturated rings. The van der Waals surface area contributed by atoms with E-state index in [1.54, 1.807) is 12.5 Å². The minimum absolute atomic E-state index is 0.137. The number of rotatable bonds is 10. The quantitative estimate of drug-likeness (QED) is 0.636. The first-order chi connectivity index (χ1) is 14.3. The van der Waals surface area contributed by atoms with Crippen molar-refractivity contribution in [3.63, 3.8) is 0 Å². The Balaban J connectivity index is 1.80. The lowest BCUT2D eigenvalue weighted by atomic mass is 10.0. The fourth-order valence-electron chi connectivity index (χ4n) is 3.39. The average molecular weight is 417 g/mol. The van der Waals surface area contributed by atoms with Crippen LogP contribution in [0.4, 0.5) is 0 Å². The Labute approximate surface area is 176 Å². The Hall–Kier alpha value is -1.67. The highest BCUT2D eigenvalue weighted by atomic mass is 32.2. The second kappa shape index (κ2) is 11.5. The molecule has 0 radical (unpaired) electrons. The summed E-state index contributed by atoms with van der Waals surface area (Å²) in [5.41, 5.74) is 2.12. The van der Waals surface area contributed by atoms with Crippen molar-refractivity contribution in [1.82, 2.24) is 0 Å². The van der Waals surface area contributed by atoms with Crippen molar-refractivity contribution in [1.29, 1.82) is 0 Å². The standard InChI is InChI=1S/C23H28O5S/c1-3-29-22-19(14-24)28-23(25-2)21(27-16-18-12-8-5-9-13-18)20(22)26-15-17-10-6-4-7-11-17/h3-13,19-24H,1,14-16H2,2H3/t19-,20-,21-,22-,23-/m1/s1. The maximum absolute atomic E-state index is 9.87.